The van der Waals surface area contributed by atoms with Crippen LogP contribution in [0.5, 0.6) is 0 Å². The van der Waals surface area contributed by atoms with Crippen LogP contribution in [0.2, 0.25) is 0 Å². The number of esters is 1. The number of nitrogens with zero attached hydrogens (tertiary/aromatic N) is 4. The maximum atomic E-state index is 12.0. The largest absolute Gasteiger partial charge is 0.465 e. The molecule has 0 spiro atoms. The minimum absolute atomic E-state index is 0.380. The molecule has 1 aromatic carbocycles. The molecule has 0 aliphatic carbocycles. The summed E-state index contributed by atoms with van der Waals surface area (Å²) >= 11 is 0. The van der Waals surface area contributed by atoms with Crippen LogP contribution in [0, 0.1) is 0 Å². The van der Waals surface area contributed by atoms with Crippen LogP contribution in [0.25, 0.3) is 21.9 Å². The van der Waals surface area contributed by atoms with Crippen molar-refractivity contribution in [2.24, 2.45) is 0 Å². The minimum atomic E-state index is -0.380. The van der Waals surface area contributed by atoms with Gasteiger partial charge < -0.3 is 19.9 Å². The van der Waals surface area contributed by atoms with E-state index in [0.717, 1.165) is 80.5 Å². The normalized spacial score (nSPS) is 11.6. The molecule has 0 fully saturated rings. The van der Waals surface area contributed by atoms with E-state index in [-0.39, 0.29) is 5.97 Å². The Morgan fingerprint density at radius 1 is 1.10 bits per heavy atom. The first kappa shape index (κ1) is 23.0. The van der Waals surface area contributed by atoms with E-state index < -0.39 is 0 Å². The zero-order chi connectivity index (χ0) is 22.4. The highest BCUT2D eigenvalue weighted by atomic mass is 16.5. The number of benzene rings is 1. The van der Waals surface area contributed by atoms with Crippen LogP contribution in [0.3, 0.4) is 0 Å². The summed E-state index contributed by atoms with van der Waals surface area (Å²) in [5, 5.41) is 0.963. The highest BCUT2D eigenvalue weighted by Gasteiger charge is 2.19. The average Bonchev–Trinajstić information content (AvgIpc) is 3.14. The lowest BCUT2D eigenvalue weighted by Crippen LogP contribution is -2.29. The number of fused-ring (bicyclic) bond motifs is 3. The number of carbonyl (C=O) groups excluding carboxylic acids is 1. The fourth-order valence-electron chi connectivity index (χ4n) is 4.18. The van der Waals surface area contributed by atoms with Gasteiger partial charge >= 0.3 is 5.97 Å². The Kier molecular flexibility index (Phi) is 7.85. The highest BCUT2D eigenvalue weighted by molar-refractivity contribution is 6.08. The highest BCUT2D eigenvalue weighted by Crippen LogP contribution is 2.30. The van der Waals surface area contributed by atoms with E-state index in [9.17, 15) is 4.79 Å². The number of aromatic nitrogens is 3. The number of methoxy groups -OCH3 is 1. The van der Waals surface area contributed by atoms with Gasteiger partial charge in [-0.15, -0.1) is 0 Å². The number of unbranched alkanes of at least 4 members (excludes halogenated alkanes) is 1. The molecule has 0 unspecified atom stereocenters. The summed E-state index contributed by atoms with van der Waals surface area (Å²) in [5.41, 5.74) is 9.25. The summed E-state index contributed by atoms with van der Waals surface area (Å²) < 4.78 is 7.19. The molecular formula is C24H35N5O2. The summed E-state index contributed by atoms with van der Waals surface area (Å²) in [6.45, 7) is 10.6. The maximum absolute atomic E-state index is 12.0. The molecule has 0 atom stereocenters. The molecule has 0 aliphatic rings. The molecule has 3 aromatic rings. The predicted octanol–water partition coefficient (Wildman–Crippen LogP) is 4.42. The fourth-order valence-corrected chi connectivity index (χ4v) is 4.18. The first-order valence-corrected chi connectivity index (χ1v) is 11.4. The van der Waals surface area contributed by atoms with Crippen molar-refractivity contribution in [3.05, 3.63) is 29.6 Å². The monoisotopic (exact) mass is 425 g/mol. The Balaban J connectivity index is 2.12. The van der Waals surface area contributed by atoms with Gasteiger partial charge in [0.05, 0.1) is 23.7 Å². The van der Waals surface area contributed by atoms with Crippen molar-refractivity contribution in [1.82, 2.24) is 19.4 Å². The van der Waals surface area contributed by atoms with Crippen LogP contribution in [0.15, 0.2) is 18.2 Å². The van der Waals surface area contributed by atoms with Gasteiger partial charge in [-0.2, -0.15) is 0 Å². The van der Waals surface area contributed by atoms with Crippen molar-refractivity contribution in [2.45, 2.75) is 59.4 Å². The number of ether oxygens (including phenoxy) is 1. The Morgan fingerprint density at radius 2 is 1.84 bits per heavy atom. The van der Waals surface area contributed by atoms with Crippen LogP contribution in [-0.4, -0.2) is 52.1 Å². The molecule has 31 heavy (non-hydrogen) atoms. The number of imidazole rings is 1. The Labute approximate surface area is 184 Å². The molecule has 0 bridgehead atoms. The van der Waals surface area contributed by atoms with E-state index in [0.29, 0.717) is 16.9 Å². The number of anilines is 1. The van der Waals surface area contributed by atoms with Gasteiger partial charge in [-0.1, -0.05) is 27.2 Å². The second-order valence-electron chi connectivity index (χ2n) is 8.04. The Morgan fingerprint density at radius 3 is 2.48 bits per heavy atom. The third-order valence-corrected chi connectivity index (χ3v) is 5.68. The molecule has 0 saturated heterocycles. The molecule has 2 aromatic heterocycles. The Hall–Kier alpha value is -2.67. The van der Waals surface area contributed by atoms with Gasteiger partial charge in [-0.3, -0.25) is 0 Å². The van der Waals surface area contributed by atoms with Gasteiger partial charge in [0.15, 0.2) is 5.82 Å². The van der Waals surface area contributed by atoms with E-state index >= 15 is 0 Å². The van der Waals surface area contributed by atoms with Crippen LogP contribution < -0.4 is 5.73 Å². The maximum Gasteiger partial charge on any atom is 0.337 e. The zero-order valence-corrected chi connectivity index (χ0v) is 19.3. The summed E-state index contributed by atoms with van der Waals surface area (Å²) in [6.07, 6.45) is 5.38. The van der Waals surface area contributed by atoms with E-state index in [1.165, 1.54) is 7.11 Å². The van der Waals surface area contributed by atoms with Gasteiger partial charge in [-0.05, 0) is 50.6 Å². The third kappa shape index (κ3) is 4.98. The third-order valence-electron chi connectivity index (χ3n) is 5.68. The van der Waals surface area contributed by atoms with Crippen LogP contribution in [0.4, 0.5) is 5.82 Å². The molecule has 7 nitrogen and oxygen atoms in total. The Bertz CT molecular complexity index is 1040. The number of pyridine rings is 1. The zero-order valence-electron chi connectivity index (χ0n) is 19.3. The lowest BCUT2D eigenvalue weighted by molar-refractivity contribution is 0.0601. The number of nitrogens with two attached hydrogens (primary N) is 1. The first-order chi connectivity index (χ1) is 15.0. The second kappa shape index (κ2) is 10.6. The van der Waals surface area contributed by atoms with Crippen LogP contribution in [-0.2, 0) is 17.7 Å². The molecule has 0 aliphatic heterocycles. The molecule has 3 rings (SSSR count). The van der Waals surface area contributed by atoms with E-state index in [1.807, 2.05) is 6.07 Å². The molecule has 2 heterocycles. The summed E-state index contributed by atoms with van der Waals surface area (Å²) in [7, 11) is 1.38. The van der Waals surface area contributed by atoms with Crippen molar-refractivity contribution in [3.8, 4) is 0 Å². The smallest absolute Gasteiger partial charge is 0.337 e. The number of hydrogen-bond donors (Lipinski definition) is 1. The minimum Gasteiger partial charge on any atom is -0.465 e. The molecule has 2 N–H and O–H groups in total. The lowest BCUT2D eigenvalue weighted by atomic mass is 10.1. The van der Waals surface area contributed by atoms with Gasteiger partial charge in [0.25, 0.3) is 0 Å². The van der Waals surface area contributed by atoms with Gasteiger partial charge in [-0.25, -0.2) is 14.8 Å². The van der Waals surface area contributed by atoms with E-state index in [2.05, 4.69) is 35.2 Å². The SMILES string of the molecule is CCCCc1nc2c(N)nc3cc(C(=O)OC)ccc3c2n1CCN(CCC)CCC. The lowest BCUT2D eigenvalue weighted by Gasteiger charge is -2.22. The number of rotatable bonds is 11. The van der Waals surface area contributed by atoms with Crippen LogP contribution in [0.1, 0.15) is 62.6 Å². The number of hydrogen-bond acceptors (Lipinski definition) is 6. The number of carbonyl (C=O) groups is 1. The summed E-state index contributed by atoms with van der Waals surface area (Å²) in [5.74, 6) is 1.08. The quantitative estimate of drug-likeness (QED) is 0.458. The van der Waals surface area contributed by atoms with Crippen molar-refractivity contribution in [1.29, 1.82) is 0 Å². The first-order valence-electron chi connectivity index (χ1n) is 11.4. The number of aryl methyl sites for hydroxylation is 1. The molecule has 0 saturated carbocycles. The second-order valence-corrected chi connectivity index (χ2v) is 8.04. The van der Waals surface area contributed by atoms with Crippen molar-refractivity contribution < 1.29 is 9.53 Å². The topological polar surface area (TPSA) is 86.3 Å². The van der Waals surface area contributed by atoms with Gasteiger partial charge in [0.1, 0.15) is 11.3 Å². The van der Waals surface area contributed by atoms with Gasteiger partial charge in [0, 0.05) is 24.9 Å². The molecule has 7 heteroatoms. The summed E-state index contributed by atoms with van der Waals surface area (Å²) in [6, 6.07) is 5.48. The van der Waals surface area contributed by atoms with Gasteiger partial charge in [0.2, 0.25) is 0 Å². The van der Waals surface area contributed by atoms with E-state index in [4.69, 9.17) is 15.5 Å². The standard InChI is InChI=1S/C24H35N5O2/c1-5-8-9-20-27-21-22(29(20)15-14-28(12-6-2)13-7-3)18-11-10-17(24(30)31-4)16-19(18)26-23(21)25/h10-11,16H,5-9,12-15H2,1-4H3,(H2,25,26). The molecular weight excluding hydrogens is 390 g/mol. The predicted molar refractivity (Wildman–Crippen MR) is 126 cm³/mol. The van der Waals surface area contributed by atoms with Crippen molar-refractivity contribution >= 4 is 33.7 Å². The number of nitrogen functional groups attached to an aromatic ring is 1. The van der Waals surface area contributed by atoms with E-state index in [1.54, 1.807) is 12.1 Å². The average molecular weight is 426 g/mol. The molecule has 168 valence electrons. The summed E-state index contributed by atoms with van der Waals surface area (Å²) in [4.78, 5) is 24.0. The molecule has 0 radical (unpaired) electrons. The molecule has 0 amide bonds. The van der Waals surface area contributed by atoms with Crippen molar-refractivity contribution in [2.75, 3.05) is 32.5 Å². The fraction of sp³-hybridized carbons (Fsp3) is 0.542. The van der Waals surface area contributed by atoms with Crippen molar-refractivity contribution in [3.63, 3.8) is 0 Å². The van der Waals surface area contributed by atoms with Crippen LogP contribution >= 0.6 is 0 Å².